The van der Waals surface area contributed by atoms with Crippen molar-refractivity contribution in [1.82, 2.24) is 4.90 Å². The molecule has 0 amide bonds. The molecule has 1 spiro atoms. The Balaban J connectivity index is 2.23. The van der Waals surface area contributed by atoms with E-state index in [1.54, 1.807) is 0 Å². The van der Waals surface area contributed by atoms with E-state index in [1.165, 1.54) is 5.57 Å². The SMILES string of the molecule is CC1N=C2C=CC=C3C=CC=NC32N1C. The summed E-state index contributed by atoms with van der Waals surface area (Å²) in [5.74, 6) is 0. The summed E-state index contributed by atoms with van der Waals surface area (Å²) in [6.45, 7) is 2.10. The average Bonchev–Trinajstić information content (AvgIpc) is 2.51. The first-order valence-electron chi connectivity index (χ1n) is 5.17. The third-order valence-electron chi connectivity index (χ3n) is 3.31. The van der Waals surface area contributed by atoms with E-state index in [1.807, 2.05) is 18.4 Å². The second-order valence-electron chi connectivity index (χ2n) is 4.05. The number of rotatable bonds is 0. The van der Waals surface area contributed by atoms with E-state index in [-0.39, 0.29) is 11.8 Å². The lowest BCUT2D eigenvalue weighted by molar-refractivity contribution is 0.205. The maximum absolute atomic E-state index is 4.64. The summed E-state index contributed by atoms with van der Waals surface area (Å²) >= 11 is 0. The topological polar surface area (TPSA) is 28.0 Å². The van der Waals surface area contributed by atoms with E-state index in [2.05, 4.69) is 47.1 Å². The molecule has 2 atom stereocenters. The average molecular weight is 199 g/mol. The predicted octanol–water partition coefficient (Wildman–Crippen LogP) is 1.55. The van der Waals surface area contributed by atoms with Gasteiger partial charge >= 0.3 is 0 Å². The summed E-state index contributed by atoms with van der Waals surface area (Å²) in [5.41, 5.74) is 1.91. The Labute approximate surface area is 89.2 Å². The maximum atomic E-state index is 4.64. The Morgan fingerprint density at radius 3 is 3.07 bits per heavy atom. The lowest BCUT2D eigenvalue weighted by Gasteiger charge is -2.37. The van der Waals surface area contributed by atoms with E-state index < -0.39 is 0 Å². The maximum Gasteiger partial charge on any atom is 0.182 e. The molecule has 3 nitrogen and oxygen atoms in total. The highest BCUT2D eigenvalue weighted by Crippen LogP contribution is 2.38. The van der Waals surface area contributed by atoms with Gasteiger partial charge in [-0.3, -0.25) is 14.9 Å². The first-order valence-corrected chi connectivity index (χ1v) is 5.17. The smallest absolute Gasteiger partial charge is 0.182 e. The van der Waals surface area contributed by atoms with E-state index in [0.717, 1.165) is 5.71 Å². The summed E-state index contributed by atoms with van der Waals surface area (Å²) in [4.78, 5) is 11.5. The van der Waals surface area contributed by atoms with Crippen LogP contribution in [0.3, 0.4) is 0 Å². The third kappa shape index (κ3) is 0.934. The molecule has 3 heteroatoms. The van der Waals surface area contributed by atoms with E-state index in [4.69, 9.17) is 0 Å². The van der Waals surface area contributed by atoms with E-state index in [9.17, 15) is 0 Å². The van der Waals surface area contributed by atoms with Gasteiger partial charge in [0.05, 0.1) is 5.71 Å². The van der Waals surface area contributed by atoms with Crippen LogP contribution in [-0.4, -0.2) is 35.7 Å². The van der Waals surface area contributed by atoms with Gasteiger partial charge in [-0.2, -0.15) is 0 Å². The summed E-state index contributed by atoms with van der Waals surface area (Å²) < 4.78 is 0. The van der Waals surface area contributed by atoms with Crippen molar-refractivity contribution < 1.29 is 0 Å². The van der Waals surface area contributed by atoms with Crippen molar-refractivity contribution in [3.05, 3.63) is 36.0 Å². The summed E-state index contributed by atoms with van der Waals surface area (Å²) in [6, 6.07) is 0. The molecule has 15 heavy (non-hydrogen) atoms. The van der Waals surface area contributed by atoms with Gasteiger partial charge in [0.15, 0.2) is 5.66 Å². The molecule has 2 heterocycles. The van der Waals surface area contributed by atoms with Crippen molar-refractivity contribution in [3.8, 4) is 0 Å². The molecular formula is C12H13N3. The molecule has 2 unspecified atom stereocenters. The first kappa shape index (κ1) is 8.80. The number of allylic oxidation sites excluding steroid dienone is 3. The molecule has 1 aliphatic carbocycles. The number of aliphatic imine (C=N–C) groups is 2. The van der Waals surface area contributed by atoms with Gasteiger partial charge in [-0.1, -0.05) is 18.2 Å². The quantitative estimate of drug-likeness (QED) is 0.581. The van der Waals surface area contributed by atoms with Crippen LogP contribution in [0.15, 0.2) is 45.9 Å². The van der Waals surface area contributed by atoms with Gasteiger partial charge < -0.3 is 0 Å². The van der Waals surface area contributed by atoms with Crippen LogP contribution in [0.1, 0.15) is 6.92 Å². The first-order chi connectivity index (χ1) is 7.25. The molecule has 0 radical (unpaired) electrons. The van der Waals surface area contributed by atoms with Gasteiger partial charge in [0, 0.05) is 11.8 Å². The summed E-state index contributed by atoms with van der Waals surface area (Å²) in [5, 5.41) is 0. The van der Waals surface area contributed by atoms with Crippen LogP contribution < -0.4 is 0 Å². The highest BCUT2D eigenvalue weighted by molar-refractivity contribution is 6.09. The number of dihydropyridines is 1. The van der Waals surface area contributed by atoms with Gasteiger partial charge in [0.2, 0.25) is 0 Å². The Kier molecular flexibility index (Phi) is 1.62. The Hall–Kier alpha value is -1.48. The van der Waals surface area contributed by atoms with Crippen LogP contribution in [0, 0.1) is 0 Å². The zero-order chi connectivity index (χ0) is 10.5. The summed E-state index contributed by atoms with van der Waals surface area (Å²) in [6.07, 6.45) is 12.4. The largest absolute Gasteiger partial charge is 0.267 e. The normalized spacial score (nSPS) is 37.3. The van der Waals surface area contributed by atoms with Gasteiger partial charge in [-0.05, 0) is 26.1 Å². The Morgan fingerprint density at radius 2 is 2.20 bits per heavy atom. The van der Waals surface area contributed by atoms with Crippen LogP contribution in [-0.2, 0) is 0 Å². The van der Waals surface area contributed by atoms with Gasteiger partial charge in [-0.25, -0.2) is 0 Å². The highest BCUT2D eigenvalue weighted by atomic mass is 15.4. The van der Waals surface area contributed by atoms with Crippen molar-refractivity contribution in [1.29, 1.82) is 0 Å². The molecule has 0 bridgehead atoms. The van der Waals surface area contributed by atoms with Crippen LogP contribution >= 0.6 is 0 Å². The Morgan fingerprint density at radius 1 is 1.33 bits per heavy atom. The van der Waals surface area contributed by atoms with Crippen molar-refractivity contribution in [2.75, 3.05) is 7.05 Å². The minimum absolute atomic E-state index is 0.190. The number of hydrogen-bond donors (Lipinski definition) is 0. The van der Waals surface area contributed by atoms with Crippen LogP contribution in [0.2, 0.25) is 0 Å². The van der Waals surface area contributed by atoms with Crippen LogP contribution in [0.4, 0.5) is 0 Å². The zero-order valence-electron chi connectivity index (χ0n) is 8.88. The van der Waals surface area contributed by atoms with Crippen molar-refractivity contribution >= 4 is 11.9 Å². The molecule has 0 aromatic heterocycles. The molecule has 0 aromatic carbocycles. The van der Waals surface area contributed by atoms with Crippen LogP contribution in [0.25, 0.3) is 0 Å². The molecular weight excluding hydrogens is 186 g/mol. The van der Waals surface area contributed by atoms with E-state index in [0.29, 0.717) is 0 Å². The molecule has 3 rings (SSSR count). The molecule has 2 aliphatic heterocycles. The van der Waals surface area contributed by atoms with Crippen molar-refractivity contribution in [3.63, 3.8) is 0 Å². The second-order valence-corrected chi connectivity index (χ2v) is 4.05. The summed E-state index contributed by atoms with van der Waals surface area (Å²) in [7, 11) is 2.07. The van der Waals surface area contributed by atoms with Gasteiger partial charge in [-0.15, -0.1) is 0 Å². The lowest BCUT2D eigenvalue weighted by Crippen LogP contribution is -2.51. The fourth-order valence-corrected chi connectivity index (χ4v) is 2.40. The molecule has 0 saturated carbocycles. The molecule has 0 aromatic rings. The second kappa shape index (κ2) is 2.76. The standard InChI is InChI=1S/C12H13N3/c1-9-14-11-7-3-5-10-6-4-8-13-12(10,11)15(9)2/h3-9H,1-2H3. The fraction of sp³-hybridized carbons (Fsp3) is 0.333. The fourth-order valence-electron chi connectivity index (χ4n) is 2.40. The van der Waals surface area contributed by atoms with Crippen LogP contribution in [0.5, 0.6) is 0 Å². The van der Waals surface area contributed by atoms with Crippen molar-refractivity contribution in [2.45, 2.75) is 18.8 Å². The Bertz CT molecular complexity index is 453. The highest BCUT2D eigenvalue weighted by Gasteiger charge is 2.48. The number of likely N-dealkylation sites (N-methyl/N-ethyl adjacent to an activating group) is 1. The minimum Gasteiger partial charge on any atom is -0.267 e. The number of hydrogen-bond acceptors (Lipinski definition) is 3. The third-order valence-corrected chi connectivity index (χ3v) is 3.31. The zero-order valence-corrected chi connectivity index (χ0v) is 8.88. The predicted molar refractivity (Wildman–Crippen MR) is 62.2 cm³/mol. The van der Waals surface area contributed by atoms with Gasteiger partial charge in [0.1, 0.15) is 6.17 Å². The molecule has 3 aliphatic rings. The minimum atomic E-state index is -0.344. The lowest BCUT2D eigenvalue weighted by atomic mass is 9.88. The van der Waals surface area contributed by atoms with Crippen molar-refractivity contribution in [2.24, 2.45) is 9.98 Å². The molecule has 0 saturated heterocycles. The monoisotopic (exact) mass is 199 g/mol. The molecule has 0 N–H and O–H groups in total. The molecule has 0 fully saturated rings. The molecule has 76 valence electrons. The van der Waals surface area contributed by atoms with Gasteiger partial charge in [0.25, 0.3) is 0 Å². The number of nitrogens with zero attached hydrogens (tertiary/aromatic N) is 3. The van der Waals surface area contributed by atoms with E-state index >= 15 is 0 Å².